The first-order valence-corrected chi connectivity index (χ1v) is 10.7. The van der Waals surface area contributed by atoms with E-state index in [1.165, 1.54) is 12.1 Å². The number of hydrogen-bond acceptors (Lipinski definition) is 4. The van der Waals surface area contributed by atoms with Crippen LogP contribution in [0, 0.1) is 5.82 Å². The Hall–Kier alpha value is -3.26. The number of piperazine rings is 1. The molecule has 2 heterocycles. The Morgan fingerprint density at radius 2 is 1.61 bits per heavy atom. The molecule has 1 aliphatic rings. The summed E-state index contributed by atoms with van der Waals surface area (Å²) in [5.41, 5.74) is 0.965. The molecule has 0 N–H and O–H groups in total. The predicted molar refractivity (Wildman–Crippen MR) is 119 cm³/mol. The van der Waals surface area contributed by atoms with Gasteiger partial charge >= 0.3 is 6.18 Å². The van der Waals surface area contributed by atoms with E-state index in [-0.39, 0.29) is 17.6 Å². The number of carbonyl (C=O) groups is 1. The SMILES string of the molecule is C[C@H](C(=O)c1ccc(-c2ccccc2F)cc1)N1CCN(c2ccc(C(F)(F)F)cn2)CC1. The number of halogens is 4. The minimum atomic E-state index is -4.41. The van der Waals surface area contributed by atoms with E-state index < -0.39 is 11.7 Å². The molecule has 1 atom stereocenters. The van der Waals surface area contributed by atoms with E-state index in [1.807, 2.05) is 16.7 Å². The molecule has 33 heavy (non-hydrogen) atoms. The van der Waals surface area contributed by atoms with Crippen molar-refractivity contribution in [1.82, 2.24) is 9.88 Å². The highest BCUT2D eigenvalue weighted by molar-refractivity contribution is 6.00. The molecule has 0 unspecified atom stereocenters. The third-order valence-corrected chi connectivity index (χ3v) is 5.99. The van der Waals surface area contributed by atoms with Crippen LogP contribution in [0.5, 0.6) is 0 Å². The van der Waals surface area contributed by atoms with Gasteiger partial charge in [0.1, 0.15) is 11.6 Å². The Labute approximate surface area is 189 Å². The molecule has 172 valence electrons. The van der Waals surface area contributed by atoms with Crippen LogP contribution >= 0.6 is 0 Å². The van der Waals surface area contributed by atoms with Gasteiger partial charge in [0.2, 0.25) is 0 Å². The molecule has 0 saturated carbocycles. The van der Waals surface area contributed by atoms with Crippen LogP contribution in [0.4, 0.5) is 23.4 Å². The molecule has 0 radical (unpaired) electrons. The van der Waals surface area contributed by atoms with Crippen molar-refractivity contribution in [2.45, 2.75) is 19.1 Å². The van der Waals surface area contributed by atoms with E-state index in [4.69, 9.17) is 0 Å². The van der Waals surface area contributed by atoms with Crippen molar-refractivity contribution >= 4 is 11.6 Å². The molecule has 3 aromatic rings. The average molecular weight is 457 g/mol. The first-order valence-electron chi connectivity index (χ1n) is 10.7. The molecule has 4 nitrogen and oxygen atoms in total. The summed E-state index contributed by atoms with van der Waals surface area (Å²) in [6.07, 6.45) is -3.56. The number of aromatic nitrogens is 1. The standard InChI is InChI=1S/C25H23F4N3O/c1-17(24(33)19-8-6-18(7-9-19)21-4-2-3-5-22(21)26)31-12-14-32(15-13-31)23-11-10-20(16-30-23)25(27,28)29/h2-11,16-17H,12-15H2,1H3/t17-/m1/s1. The highest BCUT2D eigenvalue weighted by Crippen LogP contribution is 2.29. The van der Waals surface area contributed by atoms with Gasteiger partial charge in [0, 0.05) is 43.5 Å². The van der Waals surface area contributed by atoms with Gasteiger partial charge in [-0.1, -0.05) is 42.5 Å². The predicted octanol–water partition coefficient (Wildman–Crippen LogP) is 5.30. The van der Waals surface area contributed by atoms with E-state index in [0.717, 1.165) is 12.3 Å². The normalized spacial score (nSPS) is 16.0. The summed E-state index contributed by atoms with van der Waals surface area (Å²) < 4.78 is 52.2. The lowest BCUT2D eigenvalue weighted by molar-refractivity contribution is -0.137. The molecular weight excluding hydrogens is 434 g/mol. The van der Waals surface area contributed by atoms with Crippen LogP contribution in [0.3, 0.4) is 0 Å². The fourth-order valence-corrected chi connectivity index (χ4v) is 4.00. The fourth-order valence-electron chi connectivity index (χ4n) is 4.00. The molecule has 0 amide bonds. The molecule has 2 aromatic carbocycles. The molecule has 8 heteroatoms. The molecule has 1 saturated heterocycles. The molecule has 1 aliphatic heterocycles. The Morgan fingerprint density at radius 3 is 2.18 bits per heavy atom. The Balaban J connectivity index is 1.37. The van der Waals surface area contributed by atoms with Gasteiger partial charge < -0.3 is 4.90 Å². The minimum absolute atomic E-state index is 0.0313. The van der Waals surface area contributed by atoms with Gasteiger partial charge in [0.15, 0.2) is 5.78 Å². The van der Waals surface area contributed by atoms with Crippen LogP contribution in [-0.4, -0.2) is 47.9 Å². The van der Waals surface area contributed by atoms with Crippen LogP contribution < -0.4 is 4.90 Å². The number of nitrogens with zero attached hydrogens (tertiary/aromatic N) is 3. The van der Waals surface area contributed by atoms with Crippen molar-refractivity contribution in [2.75, 3.05) is 31.1 Å². The van der Waals surface area contributed by atoms with Crippen LogP contribution in [0.15, 0.2) is 66.9 Å². The maximum Gasteiger partial charge on any atom is 0.417 e. The van der Waals surface area contributed by atoms with Gasteiger partial charge in [0.25, 0.3) is 0 Å². The van der Waals surface area contributed by atoms with Gasteiger partial charge in [0.05, 0.1) is 11.6 Å². The van der Waals surface area contributed by atoms with Crippen LogP contribution in [-0.2, 0) is 6.18 Å². The minimum Gasteiger partial charge on any atom is -0.354 e. The van der Waals surface area contributed by atoms with Gasteiger partial charge in [-0.15, -0.1) is 0 Å². The lowest BCUT2D eigenvalue weighted by atomic mass is 9.99. The Bertz CT molecular complexity index is 1110. The van der Waals surface area contributed by atoms with E-state index >= 15 is 0 Å². The first kappa shape index (κ1) is 22.9. The maximum atomic E-state index is 14.0. The summed E-state index contributed by atoms with van der Waals surface area (Å²) in [4.78, 5) is 20.9. The van der Waals surface area contributed by atoms with Crippen molar-refractivity contribution in [2.24, 2.45) is 0 Å². The van der Waals surface area contributed by atoms with E-state index in [1.54, 1.807) is 42.5 Å². The number of pyridine rings is 1. The summed E-state index contributed by atoms with van der Waals surface area (Å²) in [6.45, 7) is 4.13. The smallest absolute Gasteiger partial charge is 0.354 e. The van der Waals surface area contributed by atoms with Gasteiger partial charge in [-0.3, -0.25) is 9.69 Å². The third kappa shape index (κ3) is 5.06. The van der Waals surface area contributed by atoms with Crippen molar-refractivity contribution in [3.63, 3.8) is 0 Å². The molecule has 0 aliphatic carbocycles. The molecule has 1 aromatic heterocycles. The van der Waals surface area contributed by atoms with Crippen LogP contribution in [0.1, 0.15) is 22.8 Å². The number of alkyl halides is 3. The number of rotatable bonds is 5. The lowest BCUT2D eigenvalue weighted by Gasteiger charge is -2.38. The van der Waals surface area contributed by atoms with Crippen molar-refractivity contribution in [3.05, 3.63) is 83.8 Å². The maximum absolute atomic E-state index is 14.0. The number of Topliss-reactive ketones (excluding diaryl/α,β-unsaturated/α-hetero) is 1. The second kappa shape index (κ2) is 9.31. The van der Waals surface area contributed by atoms with E-state index in [0.29, 0.717) is 48.7 Å². The van der Waals surface area contributed by atoms with E-state index in [9.17, 15) is 22.4 Å². The van der Waals surface area contributed by atoms with E-state index in [2.05, 4.69) is 4.98 Å². The Kier molecular flexibility index (Phi) is 6.47. The highest BCUT2D eigenvalue weighted by atomic mass is 19.4. The number of ketones is 1. The molecule has 4 rings (SSSR count). The van der Waals surface area contributed by atoms with Crippen LogP contribution in [0.2, 0.25) is 0 Å². The zero-order chi connectivity index (χ0) is 23.6. The van der Waals surface area contributed by atoms with Gasteiger partial charge in [-0.25, -0.2) is 9.37 Å². The van der Waals surface area contributed by atoms with Crippen molar-refractivity contribution in [1.29, 1.82) is 0 Å². The summed E-state index contributed by atoms with van der Waals surface area (Å²) in [5, 5.41) is 0. The van der Waals surface area contributed by atoms with Gasteiger partial charge in [-0.05, 0) is 30.7 Å². The monoisotopic (exact) mass is 457 g/mol. The van der Waals surface area contributed by atoms with Gasteiger partial charge in [-0.2, -0.15) is 13.2 Å². The quantitative estimate of drug-likeness (QED) is 0.385. The van der Waals surface area contributed by atoms with Crippen molar-refractivity contribution in [3.8, 4) is 11.1 Å². The molecule has 1 fully saturated rings. The summed E-state index contributed by atoms with van der Waals surface area (Å²) in [5.74, 6) is 0.145. The number of hydrogen-bond donors (Lipinski definition) is 0. The van der Waals surface area contributed by atoms with Crippen LogP contribution in [0.25, 0.3) is 11.1 Å². The topological polar surface area (TPSA) is 36.4 Å². The zero-order valence-corrected chi connectivity index (χ0v) is 18.0. The summed E-state index contributed by atoms with van der Waals surface area (Å²) >= 11 is 0. The average Bonchev–Trinajstić information content (AvgIpc) is 2.83. The largest absolute Gasteiger partial charge is 0.417 e. The first-order chi connectivity index (χ1) is 15.7. The number of anilines is 1. The molecular formula is C25H23F4N3O. The second-order valence-electron chi connectivity index (χ2n) is 8.02. The van der Waals surface area contributed by atoms with Crippen molar-refractivity contribution < 1.29 is 22.4 Å². The zero-order valence-electron chi connectivity index (χ0n) is 18.0. The summed E-state index contributed by atoms with van der Waals surface area (Å²) in [7, 11) is 0. The third-order valence-electron chi connectivity index (χ3n) is 5.99. The number of carbonyl (C=O) groups excluding carboxylic acids is 1. The highest BCUT2D eigenvalue weighted by Gasteiger charge is 2.31. The summed E-state index contributed by atoms with van der Waals surface area (Å²) in [6, 6.07) is 15.5. The molecule has 0 bridgehead atoms. The fraction of sp³-hybridized carbons (Fsp3) is 0.280. The second-order valence-corrected chi connectivity index (χ2v) is 8.02. The molecule has 0 spiro atoms. The number of benzene rings is 2. The lowest BCUT2D eigenvalue weighted by Crippen LogP contribution is -2.52. The Morgan fingerprint density at radius 1 is 0.939 bits per heavy atom.